The van der Waals surface area contributed by atoms with Crippen molar-refractivity contribution in [3.05, 3.63) is 92.9 Å². The van der Waals surface area contributed by atoms with E-state index in [2.05, 4.69) is 10.0 Å². The molecule has 0 bridgehead atoms. The van der Waals surface area contributed by atoms with E-state index < -0.39 is 17.5 Å². The quantitative estimate of drug-likeness (QED) is 0.272. The number of benzene rings is 3. The molecule has 2 heterocycles. The summed E-state index contributed by atoms with van der Waals surface area (Å²) in [5, 5.41) is 22.9. The molecule has 9 nitrogen and oxygen atoms in total. The van der Waals surface area contributed by atoms with Gasteiger partial charge in [-0.1, -0.05) is 12.1 Å². The van der Waals surface area contributed by atoms with Crippen molar-refractivity contribution in [3.63, 3.8) is 0 Å². The Bertz CT molecular complexity index is 1270. The molecular weight excluding hydrogens is 390 g/mol. The number of hydrogen-bond acceptors (Lipinski definition) is 6. The lowest BCUT2D eigenvalue weighted by Gasteiger charge is -2.36. The first-order valence-electron chi connectivity index (χ1n) is 8.76. The van der Waals surface area contributed by atoms with Gasteiger partial charge in [-0.25, -0.2) is 4.79 Å². The van der Waals surface area contributed by atoms with Gasteiger partial charge in [-0.3, -0.25) is 4.79 Å². The molecule has 30 heavy (non-hydrogen) atoms. The number of ether oxygens (including phenoxy) is 2. The van der Waals surface area contributed by atoms with E-state index in [1.165, 1.54) is 36.4 Å². The molecule has 3 aromatic rings. The van der Waals surface area contributed by atoms with Crippen molar-refractivity contribution < 1.29 is 29.3 Å². The van der Waals surface area contributed by atoms with Crippen LogP contribution in [0.2, 0.25) is 0 Å². The van der Waals surface area contributed by atoms with Gasteiger partial charge in [-0.05, 0) is 41.0 Å². The highest BCUT2D eigenvalue weighted by atomic mass is 16.6. The minimum absolute atomic E-state index is 0.0458. The summed E-state index contributed by atoms with van der Waals surface area (Å²) in [6.07, 6.45) is 0. The molecule has 0 aromatic heterocycles. The van der Waals surface area contributed by atoms with E-state index in [0.717, 1.165) is 0 Å². The predicted octanol–water partition coefficient (Wildman–Crippen LogP) is 4.12. The molecule has 0 radical (unpaired) electrons. The van der Waals surface area contributed by atoms with E-state index in [0.29, 0.717) is 16.7 Å². The molecular formula is C21H11N3O6. The summed E-state index contributed by atoms with van der Waals surface area (Å²) in [5.74, 6) is -1.09. The number of carbonyl (C=O) groups is 2. The van der Waals surface area contributed by atoms with E-state index in [9.17, 15) is 19.8 Å². The second-order valence-corrected chi connectivity index (χ2v) is 6.79. The predicted molar refractivity (Wildman–Crippen MR) is 102 cm³/mol. The molecule has 146 valence electrons. The van der Waals surface area contributed by atoms with Crippen molar-refractivity contribution in [1.82, 2.24) is 0 Å². The third-order valence-corrected chi connectivity index (χ3v) is 5.16. The van der Waals surface area contributed by atoms with E-state index in [-0.39, 0.29) is 34.1 Å². The second kappa shape index (κ2) is 6.00. The van der Waals surface area contributed by atoms with Gasteiger partial charge in [0.15, 0.2) is 5.60 Å². The molecule has 1 spiro atoms. The summed E-state index contributed by atoms with van der Waals surface area (Å²) in [6, 6.07) is 13.1. The van der Waals surface area contributed by atoms with Gasteiger partial charge in [0.05, 0.1) is 5.56 Å². The van der Waals surface area contributed by atoms with Gasteiger partial charge in [0.25, 0.3) is 0 Å². The zero-order valence-corrected chi connectivity index (χ0v) is 15.1. The van der Waals surface area contributed by atoms with Crippen LogP contribution in [0.5, 0.6) is 23.0 Å². The Morgan fingerprint density at radius 2 is 1.53 bits per heavy atom. The lowest BCUT2D eigenvalue weighted by atomic mass is 9.77. The van der Waals surface area contributed by atoms with Crippen molar-refractivity contribution in [1.29, 1.82) is 0 Å². The van der Waals surface area contributed by atoms with Crippen molar-refractivity contribution in [3.8, 4) is 23.0 Å². The van der Waals surface area contributed by atoms with Crippen LogP contribution in [0.3, 0.4) is 0 Å². The van der Waals surface area contributed by atoms with Crippen LogP contribution < -0.4 is 4.74 Å². The molecule has 0 aliphatic carbocycles. The van der Waals surface area contributed by atoms with Crippen LogP contribution in [0.25, 0.3) is 10.4 Å². The zero-order valence-electron chi connectivity index (χ0n) is 15.1. The number of hydrogen-bond donors (Lipinski definition) is 2. The first kappa shape index (κ1) is 17.6. The average Bonchev–Trinajstić information content (AvgIpc) is 3.00. The number of azide groups is 1. The number of nitrogens with zero attached hydrogens (tertiary/aromatic N) is 3. The highest BCUT2D eigenvalue weighted by Crippen LogP contribution is 2.57. The molecule has 9 heteroatoms. The van der Waals surface area contributed by atoms with E-state index in [1.54, 1.807) is 18.2 Å². The smallest absolute Gasteiger partial charge is 0.340 e. The van der Waals surface area contributed by atoms with E-state index >= 15 is 0 Å². The van der Waals surface area contributed by atoms with Crippen molar-refractivity contribution in [2.75, 3.05) is 0 Å². The number of esters is 1. The maximum Gasteiger partial charge on any atom is 0.340 e. The van der Waals surface area contributed by atoms with Crippen LogP contribution in [0.4, 0.5) is 0 Å². The molecule has 0 unspecified atom stereocenters. The highest BCUT2D eigenvalue weighted by molar-refractivity contribution is 6.02. The molecule has 2 aliphatic rings. The van der Waals surface area contributed by atoms with Crippen LogP contribution in [0, 0.1) is 0 Å². The number of aromatic hydroxyl groups is 2. The van der Waals surface area contributed by atoms with Gasteiger partial charge in [-0.2, -0.15) is 0 Å². The topological polar surface area (TPSA) is 142 Å². The molecule has 0 saturated carbocycles. The average molecular weight is 401 g/mol. The first-order chi connectivity index (χ1) is 14.4. The molecule has 2 aliphatic heterocycles. The Kier molecular flexibility index (Phi) is 3.52. The second-order valence-electron chi connectivity index (χ2n) is 6.79. The molecule has 0 saturated heterocycles. The maximum atomic E-state index is 12.8. The standard InChI is InChI=1S/C21H11N3O6/c22-24-23-19(27)10-1-4-14-13(7-10)20(28)30-21(14)15-5-2-11(25)8-17(15)29-18-9-12(26)3-6-16(18)21/h1-9,25-26H. The molecule has 1 amide bonds. The Hall–Kier alpha value is -4.49. The van der Waals surface area contributed by atoms with Crippen LogP contribution in [-0.4, -0.2) is 22.1 Å². The minimum atomic E-state index is -1.41. The van der Waals surface area contributed by atoms with Crippen molar-refractivity contribution in [2.24, 2.45) is 5.11 Å². The van der Waals surface area contributed by atoms with Crippen molar-refractivity contribution in [2.45, 2.75) is 5.60 Å². The summed E-state index contributed by atoms with van der Waals surface area (Å²) in [4.78, 5) is 27.3. The largest absolute Gasteiger partial charge is 0.508 e. The maximum absolute atomic E-state index is 12.8. The van der Waals surface area contributed by atoms with Crippen LogP contribution in [-0.2, 0) is 10.3 Å². The SMILES string of the molecule is [N-]=[N+]=NC(=O)c1ccc2c(c1)C(=O)OC21c2ccc(O)cc2Oc2cc(O)ccc21. The Balaban J connectivity index is 1.82. The number of amides is 1. The van der Waals surface area contributed by atoms with Gasteiger partial charge < -0.3 is 19.7 Å². The summed E-state index contributed by atoms with van der Waals surface area (Å²) >= 11 is 0. The van der Waals surface area contributed by atoms with E-state index in [4.69, 9.17) is 15.0 Å². The fraction of sp³-hybridized carbons (Fsp3) is 0.0476. The van der Waals surface area contributed by atoms with Gasteiger partial charge in [0.1, 0.15) is 23.0 Å². The van der Waals surface area contributed by atoms with Gasteiger partial charge in [0, 0.05) is 39.3 Å². The van der Waals surface area contributed by atoms with Gasteiger partial charge >= 0.3 is 5.97 Å². The molecule has 3 aromatic carbocycles. The van der Waals surface area contributed by atoms with Gasteiger partial charge in [0.2, 0.25) is 5.91 Å². The van der Waals surface area contributed by atoms with E-state index in [1.807, 2.05) is 0 Å². The third-order valence-electron chi connectivity index (χ3n) is 5.16. The highest BCUT2D eigenvalue weighted by Gasteiger charge is 2.53. The van der Waals surface area contributed by atoms with Crippen LogP contribution in [0.1, 0.15) is 37.4 Å². The van der Waals surface area contributed by atoms with Gasteiger partial charge in [-0.15, -0.1) is 0 Å². The summed E-state index contributed by atoms with van der Waals surface area (Å²) in [6.45, 7) is 0. The Labute approximate surface area is 168 Å². The number of phenolic OH excluding ortho intramolecular Hbond substituents is 2. The van der Waals surface area contributed by atoms with Crippen molar-refractivity contribution >= 4 is 11.9 Å². The fourth-order valence-electron chi connectivity index (χ4n) is 3.94. The molecule has 0 fully saturated rings. The molecule has 0 atom stereocenters. The number of rotatable bonds is 1. The first-order valence-corrected chi connectivity index (χ1v) is 8.76. The number of phenols is 2. The Morgan fingerprint density at radius 1 is 0.933 bits per heavy atom. The fourth-order valence-corrected chi connectivity index (χ4v) is 3.94. The molecule has 5 rings (SSSR count). The lowest BCUT2D eigenvalue weighted by Crippen LogP contribution is -2.32. The van der Waals surface area contributed by atoms with Crippen LogP contribution >= 0.6 is 0 Å². The number of carbonyl (C=O) groups excluding carboxylic acids is 2. The summed E-state index contributed by atoms with van der Waals surface area (Å²) in [5.41, 5.74) is 8.66. The monoisotopic (exact) mass is 401 g/mol. The normalized spacial score (nSPS) is 14.6. The lowest BCUT2D eigenvalue weighted by molar-refractivity contribution is 0.0224. The summed E-state index contributed by atoms with van der Waals surface area (Å²) in [7, 11) is 0. The minimum Gasteiger partial charge on any atom is -0.508 e. The van der Waals surface area contributed by atoms with Crippen LogP contribution in [0.15, 0.2) is 59.7 Å². The zero-order chi connectivity index (χ0) is 21.0. The molecule has 2 N–H and O–H groups in total. The third kappa shape index (κ3) is 2.27. The summed E-state index contributed by atoms with van der Waals surface area (Å²) < 4.78 is 11.7. The Morgan fingerprint density at radius 3 is 2.13 bits per heavy atom. The number of fused-ring (bicyclic) bond motifs is 6.